The number of pyridine rings is 2. The van der Waals surface area contributed by atoms with Gasteiger partial charge in [-0.15, -0.1) is 0 Å². The van der Waals surface area contributed by atoms with Crippen LogP contribution in [0.2, 0.25) is 0 Å². The van der Waals surface area contributed by atoms with E-state index in [2.05, 4.69) is 27.0 Å². The number of fused-ring (bicyclic) bond motifs is 1. The Morgan fingerprint density at radius 1 is 0.959 bits per heavy atom. The number of aromatic carboxylic acids is 1. The topological polar surface area (TPSA) is 104 Å². The van der Waals surface area contributed by atoms with Gasteiger partial charge in [0.25, 0.3) is 5.91 Å². The quantitative estimate of drug-likeness (QED) is 0.225. The number of aliphatic imine (C=N–C) groups is 1. The lowest BCUT2D eigenvalue weighted by molar-refractivity contribution is 0.0507. The van der Waals surface area contributed by atoms with E-state index in [9.17, 15) is 19.1 Å². The Balaban J connectivity index is 0.00000230. The Bertz CT molecular complexity index is 2000. The average Bonchev–Trinajstić information content (AvgIpc) is 3.28. The van der Waals surface area contributed by atoms with E-state index in [0.717, 1.165) is 34.2 Å². The number of rotatable bonds is 6. The molecule has 49 heavy (non-hydrogen) atoms. The molecule has 0 spiro atoms. The lowest BCUT2D eigenvalue weighted by Crippen LogP contribution is -2.61. The van der Waals surface area contributed by atoms with E-state index in [-0.39, 0.29) is 17.3 Å². The summed E-state index contributed by atoms with van der Waals surface area (Å²) < 4.78 is 16.7. The number of piperazine rings is 1. The van der Waals surface area contributed by atoms with Gasteiger partial charge in [0.2, 0.25) is 0 Å². The van der Waals surface area contributed by atoms with Crippen LogP contribution in [-0.2, 0) is 6.54 Å². The highest BCUT2D eigenvalue weighted by Crippen LogP contribution is 2.33. The van der Waals surface area contributed by atoms with Crippen LogP contribution in [0.1, 0.15) is 78.7 Å². The SMILES string of the molecule is CC.CC1=CCC=C(Cn2cc(-c3ccc(C)c(F)c3)c3ccc(C(=O)N4CCN(c5cc(C)c(C(=O)O)c(C)n5)CC4(C)C)nc32)N=C1. The fourth-order valence-corrected chi connectivity index (χ4v) is 6.51. The van der Waals surface area contributed by atoms with Crippen LogP contribution < -0.4 is 4.90 Å². The van der Waals surface area contributed by atoms with Crippen LogP contribution in [0.3, 0.4) is 0 Å². The number of hydrogen-bond acceptors (Lipinski definition) is 6. The number of aryl methyl sites for hydroxylation is 3. The van der Waals surface area contributed by atoms with Gasteiger partial charge >= 0.3 is 5.97 Å². The third kappa shape index (κ3) is 7.18. The minimum Gasteiger partial charge on any atom is -0.478 e. The zero-order valence-corrected chi connectivity index (χ0v) is 29.6. The standard InChI is InChI=1S/C37H39FN6O3.C2H6/c1-22-8-7-9-27(39-18-22)19-43-20-29(26-11-10-23(2)30(38)17-26)28-12-13-31(41-34(28)43)35(45)44-15-14-42(21-37(44,5)6)32-16-24(3)33(36(46)47)25(4)40-32;1-2/h8-13,16-18,20H,7,14-15,19,21H2,1-6H3,(H,46,47);1-2H3. The first-order valence-corrected chi connectivity index (χ1v) is 16.8. The van der Waals surface area contributed by atoms with Crippen molar-refractivity contribution >= 4 is 34.9 Å². The van der Waals surface area contributed by atoms with Crippen LogP contribution >= 0.6 is 0 Å². The molecule has 10 heteroatoms. The molecule has 0 aliphatic carbocycles. The van der Waals surface area contributed by atoms with Gasteiger partial charge in [-0.25, -0.2) is 19.2 Å². The molecule has 4 aromatic rings. The molecule has 5 heterocycles. The smallest absolute Gasteiger partial charge is 0.337 e. The maximum atomic E-state index is 14.7. The molecule has 256 valence electrons. The summed E-state index contributed by atoms with van der Waals surface area (Å²) in [6.07, 6.45) is 8.78. The largest absolute Gasteiger partial charge is 0.478 e. The van der Waals surface area contributed by atoms with E-state index in [1.165, 1.54) is 0 Å². The maximum Gasteiger partial charge on any atom is 0.337 e. The Labute approximate surface area is 287 Å². The van der Waals surface area contributed by atoms with Crippen molar-refractivity contribution in [2.45, 2.75) is 73.9 Å². The number of carbonyl (C=O) groups is 2. The zero-order valence-electron chi connectivity index (χ0n) is 29.6. The first kappa shape index (κ1) is 35.2. The first-order valence-electron chi connectivity index (χ1n) is 16.8. The summed E-state index contributed by atoms with van der Waals surface area (Å²) in [4.78, 5) is 44.0. The molecule has 1 saturated heterocycles. The van der Waals surface area contributed by atoms with Gasteiger partial charge in [0, 0.05) is 43.0 Å². The third-order valence-corrected chi connectivity index (χ3v) is 9.05. The number of halogens is 1. The summed E-state index contributed by atoms with van der Waals surface area (Å²) in [7, 11) is 0. The fraction of sp³-hybridized carbons (Fsp3) is 0.359. The first-order chi connectivity index (χ1) is 23.3. The molecule has 1 aromatic carbocycles. The number of carboxylic acids is 1. The molecule has 2 aliphatic heterocycles. The van der Waals surface area contributed by atoms with Crippen molar-refractivity contribution in [1.29, 1.82) is 0 Å². The average molecular weight is 665 g/mol. The number of amides is 1. The van der Waals surface area contributed by atoms with Crippen molar-refractivity contribution in [3.63, 3.8) is 0 Å². The van der Waals surface area contributed by atoms with E-state index >= 15 is 0 Å². The minimum atomic E-state index is -0.991. The number of aromatic nitrogens is 3. The molecule has 1 amide bonds. The minimum absolute atomic E-state index is 0.180. The van der Waals surface area contributed by atoms with Crippen molar-refractivity contribution in [2.24, 2.45) is 4.99 Å². The number of nitrogens with zero attached hydrogens (tertiary/aromatic N) is 6. The van der Waals surface area contributed by atoms with Crippen molar-refractivity contribution in [1.82, 2.24) is 19.4 Å². The Morgan fingerprint density at radius 2 is 1.71 bits per heavy atom. The van der Waals surface area contributed by atoms with Gasteiger partial charge < -0.3 is 19.5 Å². The second-order valence-electron chi connectivity index (χ2n) is 13.1. The van der Waals surface area contributed by atoms with E-state index < -0.39 is 11.5 Å². The highest BCUT2D eigenvalue weighted by atomic mass is 19.1. The van der Waals surface area contributed by atoms with Gasteiger partial charge in [-0.1, -0.05) is 38.1 Å². The molecule has 1 fully saturated rings. The normalized spacial score (nSPS) is 15.7. The lowest BCUT2D eigenvalue weighted by atomic mass is 9.97. The summed E-state index contributed by atoms with van der Waals surface area (Å²) in [5, 5.41) is 10.4. The molecule has 6 rings (SSSR count). The van der Waals surface area contributed by atoms with Crippen molar-refractivity contribution < 1.29 is 19.1 Å². The van der Waals surface area contributed by atoms with Gasteiger partial charge in [0.15, 0.2) is 0 Å². The number of carboxylic acid groups (broad SMARTS) is 1. The summed E-state index contributed by atoms with van der Waals surface area (Å²) in [5.74, 6) is -0.751. The summed E-state index contributed by atoms with van der Waals surface area (Å²) in [5.41, 5.74) is 5.84. The van der Waals surface area contributed by atoms with Crippen LogP contribution in [0.15, 0.2) is 71.0 Å². The van der Waals surface area contributed by atoms with Gasteiger partial charge in [-0.2, -0.15) is 0 Å². The molecule has 0 unspecified atom stereocenters. The van der Waals surface area contributed by atoms with Gasteiger partial charge in [0.05, 0.1) is 29.0 Å². The summed E-state index contributed by atoms with van der Waals surface area (Å²) in [6, 6.07) is 10.7. The van der Waals surface area contributed by atoms with E-state index in [1.807, 2.05) is 68.6 Å². The van der Waals surface area contributed by atoms with Crippen LogP contribution in [0, 0.1) is 26.6 Å². The van der Waals surface area contributed by atoms with Gasteiger partial charge in [-0.3, -0.25) is 9.79 Å². The Morgan fingerprint density at radius 3 is 2.39 bits per heavy atom. The second kappa shape index (κ2) is 14.2. The van der Waals surface area contributed by atoms with Crippen LogP contribution in [0.5, 0.6) is 0 Å². The Hall–Kier alpha value is -5.12. The molecule has 0 atom stereocenters. The zero-order chi connectivity index (χ0) is 35.6. The van der Waals surface area contributed by atoms with Crippen LogP contribution in [0.25, 0.3) is 22.2 Å². The molecule has 0 radical (unpaired) electrons. The van der Waals surface area contributed by atoms with E-state index in [0.29, 0.717) is 60.2 Å². The Kier molecular flexibility index (Phi) is 10.2. The fourth-order valence-electron chi connectivity index (χ4n) is 6.51. The van der Waals surface area contributed by atoms with Crippen LogP contribution in [-0.4, -0.2) is 67.8 Å². The second-order valence-corrected chi connectivity index (χ2v) is 13.1. The number of allylic oxidation sites excluding steroid dienone is 4. The number of hydrogen-bond donors (Lipinski definition) is 1. The van der Waals surface area contributed by atoms with Crippen molar-refractivity contribution in [3.8, 4) is 11.1 Å². The molecule has 0 saturated carbocycles. The van der Waals surface area contributed by atoms with E-state index in [1.54, 1.807) is 45.0 Å². The monoisotopic (exact) mass is 664 g/mol. The highest BCUT2D eigenvalue weighted by molar-refractivity contribution is 5.99. The number of benzene rings is 1. The molecule has 2 aliphatic rings. The molecule has 0 bridgehead atoms. The summed E-state index contributed by atoms with van der Waals surface area (Å²) >= 11 is 0. The molecule has 3 aromatic heterocycles. The molecule has 1 N–H and O–H groups in total. The predicted octanol–water partition coefficient (Wildman–Crippen LogP) is 7.93. The lowest BCUT2D eigenvalue weighted by Gasteiger charge is -2.47. The molecule has 9 nitrogen and oxygen atoms in total. The molecular formula is C39H45FN6O3. The third-order valence-electron chi connectivity index (χ3n) is 9.05. The maximum absolute atomic E-state index is 14.7. The molecular weight excluding hydrogens is 619 g/mol. The van der Waals surface area contributed by atoms with E-state index in [4.69, 9.17) is 4.98 Å². The van der Waals surface area contributed by atoms with Crippen molar-refractivity contribution in [3.05, 3.63) is 99.9 Å². The highest BCUT2D eigenvalue weighted by Gasteiger charge is 2.38. The van der Waals surface area contributed by atoms with Crippen LogP contribution in [0.4, 0.5) is 10.2 Å². The van der Waals surface area contributed by atoms with Gasteiger partial charge in [-0.05, 0) is 94.5 Å². The van der Waals surface area contributed by atoms with Gasteiger partial charge in [0.1, 0.15) is 23.0 Å². The predicted molar refractivity (Wildman–Crippen MR) is 194 cm³/mol. The summed E-state index contributed by atoms with van der Waals surface area (Å²) in [6.45, 7) is 17.2. The van der Waals surface area contributed by atoms with Crippen molar-refractivity contribution in [2.75, 3.05) is 24.5 Å². The number of carbonyl (C=O) groups excluding carboxylic acids is 1. The number of anilines is 1.